The summed E-state index contributed by atoms with van der Waals surface area (Å²) in [5.41, 5.74) is 2.97. The third-order valence-electron chi connectivity index (χ3n) is 4.58. The molecule has 1 aromatic carbocycles. The molecular formula is C20H19N5O2. The molecule has 7 heteroatoms. The predicted molar refractivity (Wildman–Crippen MR) is 102 cm³/mol. The Morgan fingerprint density at radius 2 is 2.07 bits per heavy atom. The molecule has 3 heterocycles. The van der Waals surface area contributed by atoms with Crippen LogP contribution in [-0.4, -0.2) is 30.3 Å². The van der Waals surface area contributed by atoms with Crippen molar-refractivity contribution in [3.8, 4) is 0 Å². The molecule has 3 aromatic heterocycles. The van der Waals surface area contributed by atoms with Gasteiger partial charge in [0.2, 0.25) is 5.65 Å². The number of ketones is 1. The van der Waals surface area contributed by atoms with Crippen molar-refractivity contribution >= 4 is 22.5 Å². The first-order valence-corrected chi connectivity index (χ1v) is 8.99. The van der Waals surface area contributed by atoms with Gasteiger partial charge in [0.15, 0.2) is 5.78 Å². The third-order valence-corrected chi connectivity index (χ3v) is 4.58. The van der Waals surface area contributed by atoms with Crippen LogP contribution in [0.5, 0.6) is 0 Å². The highest BCUT2D eigenvalue weighted by molar-refractivity contribution is 5.99. The van der Waals surface area contributed by atoms with E-state index in [1.165, 1.54) is 0 Å². The van der Waals surface area contributed by atoms with E-state index in [9.17, 15) is 9.59 Å². The van der Waals surface area contributed by atoms with Crippen molar-refractivity contribution in [1.29, 1.82) is 0 Å². The Hall–Kier alpha value is -3.35. The Morgan fingerprint density at radius 3 is 2.85 bits per heavy atom. The fourth-order valence-electron chi connectivity index (χ4n) is 3.23. The van der Waals surface area contributed by atoms with Gasteiger partial charge in [0.1, 0.15) is 5.82 Å². The smallest absolute Gasteiger partial charge is 0.294 e. The van der Waals surface area contributed by atoms with Gasteiger partial charge in [-0.25, -0.2) is 0 Å². The SMILES string of the molecule is CCCc1nnc2c(=O)[nH]c3cc(C(=O)CCc4cccnc4)ccc3n12. The Labute approximate surface area is 155 Å². The van der Waals surface area contributed by atoms with Gasteiger partial charge in [0.25, 0.3) is 5.56 Å². The van der Waals surface area contributed by atoms with Crippen molar-refractivity contribution in [3.63, 3.8) is 0 Å². The lowest BCUT2D eigenvalue weighted by Crippen LogP contribution is -2.12. The van der Waals surface area contributed by atoms with E-state index < -0.39 is 0 Å². The number of carbonyl (C=O) groups is 1. The number of rotatable bonds is 6. The minimum atomic E-state index is -0.308. The molecule has 4 aromatic rings. The number of hydrogen-bond donors (Lipinski definition) is 1. The van der Waals surface area contributed by atoms with Gasteiger partial charge in [0.05, 0.1) is 11.0 Å². The highest BCUT2D eigenvalue weighted by Gasteiger charge is 2.14. The number of nitrogens with zero attached hydrogens (tertiary/aromatic N) is 4. The van der Waals surface area contributed by atoms with Crippen LogP contribution in [0.1, 0.15) is 41.5 Å². The molecule has 7 nitrogen and oxygen atoms in total. The maximum Gasteiger partial charge on any atom is 0.294 e. The van der Waals surface area contributed by atoms with Gasteiger partial charge in [-0.2, -0.15) is 0 Å². The van der Waals surface area contributed by atoms with Crippen molar-refractivity contribution in [2.24, 2.45) is 0 Å². The number of pyridine rings is 1. The quantitative estimate of drug-likeness (QED) is 0.533. The summed E-state index contributed by atoms with van der Waals surface area (Å²) >= 11 is 0. The van der Waals surface area contributed by atoms with E-state index in [1.54, 1.807) is 28.9 Å². The molecular weight excluding hydrogens is 342 g/mol. The number of H-pyrrole nitrogens is 1. The van der Waals surface area contributed by atoms with Crippen LogP contribution in [0.25, 0.3) is 16.7 Å². The van der Waals surface area contributed by atoms with Crippen molar-refractivity contribution in [1.82, 2.24) is 24.6 Å². The highest BCUT2D eigenvalue weighted by Crippen LogP contribution is 2.17. The molecule has 0 spiro atoms. The minimum absolute atomic E-state index is 0.0271. The van der Waals surface area contributed by atoms with Crippen LogP contribution in [0.15, 0.2) is 47.5 Å². The largest absolute Gasteiger partial charge is 0.317 e. The van der Waals surface area contributed by atoms with Gasteiger partial charge in [-0.1, -0.05) is 13.0 Å². The van der Waals surface area contributed by atoms with Gasteiger partial charge in [-0.05, 0) is 42.7 Å². The Bertz CT molecular complexity index is 1180. The summed E-state index contributed by atoms with van der Waals surface area (Å²) < 4.78 is 1.78. The van der Waals surface area contributed by atoms with Crippen molar-refractivity contribution in [2.75, 3.05) is 0 Å². The highest BCUT2D eigenvalue weighted by atomic mass is 16.1. The maximum atomic E-state index is 12.6. The number of benzene rings is 1. The molecule has 0 unspecified atom stereocenters. The average Bonchev–Trinajstić information content (AvgIpc) is 3.11. The molecule has 136 valence electrons. The summed E-state index contributed by atoms with van der Waals surface area (Å²) in [6.45, 7) is 2.05. The summed E-state index contributed by atoms with van der Waals surface area (Å²) in [6, 6.07) is 9.19. The van der Waals surface area contributed by atoms with Crippen LogP contribution in [0.2, 0.25) is 0 Å². The van der Waals surface area contributed by atoms with Crippen molar-refractivity contribution < 1.29 is 4.79 Å². The number of aryl methyl sites for hydroxylation is 2. The monoisotopic (exact) mass is 361 g/mol. The lowest BCUT2D eigenvalue weighted by molar-refractivity contribution is 0.0983. The second-order valence-corrected chi connectivity index (χ2v) is 6.50. The molecule has 0 saturated heterocycles. The Balaban J connectivity index is 1.69. The van der Waals surface area contributed by atoms with E-state index in [1.807, 2.05) is 18.2 Å². The summed E-state index contributed by atoms with van der Waals surface area (Å²) in [5.74, 6) is 0.776. The number of fused-ring (bicyclic) bond motifs is 3. The van der Waals surface area contributed by atoms with E-state index in [0.717, 1.165) is 29.7 Å². The van der Waals surface area contributed by atoms with Gasteiger partial charge < -0.3 is 4.98 Å². The fraction of sp³-hybridized carbons (Fsp3) is 0.250. The maximum absolute atomic E-state index is 12.6. The summed E-state index contributed by atoms with van der Waals surface area (Å²) in [5, 5.41) is 8.14. The first-order valence-electron chi connectivity index (χ1n) is 8.99. The van der Waals surface area contributed by atoms with Gasteiger partial charge in [-0.15, -0.1) is 10.2 Å². The normalized spacial score (nSPS) is 11.3. The number of Topliss-reactive ketones (excluding diaryl/α,β-unsaturated/α-hetero) is 1. The zero-order valence-corrected chi connectivity index (χ0v) is 15.0. The van der Waals surface area contributed by atoms with Gasteiger partial charge in [-0.3, -0.25) is 19.0 Å². The molecule has 4 rings (SSSR count). The van der Waals surface area contributed by atoms with E-state index in [2.05, 4.69) is 27.1 Å². The van der Waals surface area contributed by atoms with E-state index in [4.69, 9.17) is 0 Å². The van der Waals surface area contributed by atoms with Crippen LogP contribution in [0.4, 0.5) is 0 Å². The molecule has 27 heavy (non-hydrogen) atoms. The molecule has 0 bridgehead atoms. The van der Waals surface area contributed by atoms with Crippen LogP contribution < -0.4 is 5.56 Å². The van der Waals surface area contributed by atoms with Crippen LogP contribution in [0.3, 0.4) is 0 Å². The number of aromatic nitrogens is 5. The lowest BCUT2D eigenvalue weighted by Gasteiger charge is -2.07. The lowest BCUT2D eigenvalue weighted by atomic mass is 10.0. The first kappa shape index (κ1) is 17.1. The van der Waals surface area contributed by atoms with Crippen LogP contribution in [-0.2, 0) is 12.8 Å². The summed E-state index contributed by atoms with van der Waals surface area (Å²) in [4.78, 5) is 31.8. The van der Waals surface area contributed by atoms with Crippen molar-refractivity contribution in [3.05, 3.63) is 70.0 Å². The zero-order chi connectivity index (χ0) is 18.8. The van der Waals surface area contributed by atoms with Gasteiger partial charge in [0, 0.05) is 30.8 Å². The standard InChI is InChI=1S/C20H19N5O2/c1-2-4-18-23-24-19-20(27)22-15-11-14(7-8-16(15)25(18)19)17(26)9-6-13-5-3-10-21-12-13/h3,5,7-8,10-12H,2,4,6,9H2,1H3,(H,22,27). The van der Waals surface area contributed by atoms with Gasteiger partial charge >= 0.3 is 0 Å². The molecule has 0 fully saturated rings. The Kier molecular flexibility index (Phi) is 4.50. The molecule has 0 aliphatic carbocycles. The molecule has 0 aliphatic rings. The molecule has 0 radical (unpaired) electrons. The minimum Gasteiger partial charge on any atom is -0.317 e. The average molecular weight is 361 g/mol. The van der Waals surface area contributed by atoms with Crippen molar-refractivity contribution in [2.45, 2.75) is 32.6 Å². The van der Waals surface area contributed by atoms with E-state index in [-0.39, 0.29) is 17.0 Å². The molecule has 1 N–H and O–H groups in total. The topological polar surface area (TPSA) is 93.0 Å². The second kappa shape index (κ2) is 7.11. The van der Waals surface area contributed by atoms with E-state index in [0.29, 0.717) is 23.9 Å². The number of nitrogens with one attached hydrogen (secondary N) is 1. The molecule has 0 amide bonds. The predicted octanol–water partition coefficient (Wildman–Crippen LogP) is 2.73. The third kappa shape index (κ3) is 3.23. The summed E-state index contributed by atoms with van der Waals surface area (Å²) in [7, 11) is 0. The number of carbonyl (C=O) groups excluding carboxylic acids is 1. The van der Waals surface area contributed by atoms with E-state index >= 15 is 0 Å². The molecule has 0 aliphatic heterocycles. The second-order valence-electron chi connectivity index (χ2n) is 6.50. The Morgan fingerprint density at radius 1 is 1.19 bits per heavy atom. The first-order chi connectivity index (χ1) is 13.2. The molecule has 0 saturated carbocycles. The number of aromatic amines is 1. The zero-order valence-electron chi connectivity index (χ0n) is 15.0. The van der Waals surface area contributed by atoms with Crippen LogP contribution >= 0.6 is 0 Å². The molecule has 0 atom stereocenters. The summed E-state index contributed by atoms with van der Waals surface area (Å²) in [6.07, 6.45) is 6.13. The van der Waals surface area contributed by atoms with Crippen LogP contribution in [0, 0.1) is 0 Å². The fourth-order valence-corrected chi connectivity index (χ4v) is 3.23. The number of hydrogen-bond acceptors (Lipinski definition) is 5.